The highest BCUT2D eigenvalue weighted by Crippen LogP contribution is 2.39. The summed E-state index contributed by atoms with van der Waals surface area (Å²) in [6.07, 6.45) is 6.04. The first-order valence-electron chi connectivity index (χ1n) is 5.75. The molecule has 3 atom stereocenters. The molecule has 3 aliphatic rings. The number of likely N-dealkylation sites (tertiary alicyclic amines) is 1. The van der Waals surface area contributed by atoms with Crippen LogP contribution in [-0.4, -0.2) is 35.5 Å². The fourth-order valence-electron chi connectivity index (χ4n) is 3.38. The van der Waals surface area contributed by atoms with Gasteiger partial charge in [-0.2, -0.15) is 11.8 Å². The van der Waals surface area contributed by atoms with Crippen molar-refractivity contribution in [3.05, 3.63) is 0 Å². The molecule has 1 unspecified atom stereocenters. The zero-order valence-corrected chi connectivity index (χ0v) is 9.06. The van der Waals surface area contributed by atoms with Crippen molar-refractivity contribution in [2.45, 2.75) is 31.7 Å². The minimum atomic E-state index is 0.954. The number of thioether (sulfide) groups is 1. The number of nitrogens with zero attached hydrogens (tertiary/aromatic N) is 1. The highest BCUT2D eigenvalue weighted by molar-refractivity contribution is 7.99. The molecule has 3 fully saturated rings. The minimum absolute atomic E-state index is 0.954. The molecule has 0 aromatic carbocycles. The van der Waals surface area contributed by atoms with E-state index in [1.165, 1.54) is 50.3 Å². The maximum atomic E-state index is 2.80. The Bertz CT molecular complexity index is 177. The molecule has 2 heteroatoms. The molecule has 2 aliphatic heterocycles. The SMILES string of the molecule is C1C[C@@H]2CN(C3CCSC3)C[C@@H]2C1. The molecule has 1 nitrogen and oxygen atoms in total. The average Bonchev–Trinajstić information content (AvgIpc) is 2.78. The Labute approximate surface area is 85.3 Å². The lowest BCUT2D eigenvalue weighted by Gasteiger charge is -2.23. The van der Waals surface area contributed by atoms with Crippen molar-refractivity contribution in [1.82, 2.24) is 4.90 Å². The Hall–Kier alpha value is 0.310. The van der Waals surface area contributed by atoms with Crippen molar-refractivity contribution in [3.63, 3.8) is 0 Å². The molecule has 3 rings (SSSR count). The van der Waals surface area contributed by atoms with Gasteiger partial charge >= 0.3 is 0 Å². The van der Waals surface area contributed by atoms with Gasteiger partial charge in [-0.1, -0.05) is 6.42 Å². The third kappa shape index (κ3) is 1.52. The molecule has 2 saturated heterocycles. The molecule has 74 valence electrons. The second kappa shape index (κ2) is 3.47. The Kier molecular flexibility index (Phi) is 2.30. The zero-order valence-electron chi connectivity index (χ0n) is 8.24. The lowest BCUT2D eigenvalue weighted by Crippen LogP contribution is -2.33. The van der Waals surface area contributed by atoms with Crippen LogP contribution < -0.4 is 0 Å². The van der Waals surface area contributed by atoms with Gasteiger partial charge < -0.3 is 0 Å². The third-order valence-corrected chi connectivity index (χ3v) is 5.32. The van der Waals surface area contributed by atoms with Gasteiger partial charge in [0.05, 0.1) is 0 Å². The number of fused-ring (bicyclic) bond motifs is 1. The van der Waals surface area contributed by atoms with E-state index in [4.69, 9.17) is 0 Å². The summed E-state index contributed by atoms with van der Waals surface area (Å²) in [7, 11) is 0. The van der Waals surface area contributed by atoms with E-state index in [-0.39, 0.29) is 0 Å². The van der Waals surface area contributed by atoms with Crippen LogP contribution in [-0.2, 0) is 0 Å². The Morgan fingerprint density at radius 1 is 1.00 bits per heavy atom. The summed E-state index contributed by atoms with van der Waals surface area (Å²) >= 11 is 2.16. The van der Waals surface area contributed by atoms with Crippen LogP contribution in [0.1, 0.15) is 25.7 Å². The molecule has 0 spiro atoms. The van der Waals surface area contributed by atoms with Crippen LogP contribution in [0.3, 0.4) is 0 Å². The first-order chi connectivity index (χ1) is 6.43. The van der Waals surface area contributed by atoms with E-state index < -0.39 is 0 Å². The van der Waals surface area contributed by atoms with Crippen molar-refractivity contribution < 1.29 is 0 Å². The van der Waals surface area contributed by atoms with Gasteiger partial charge in [0.2, 0.25) is 0 Å². The standard InChI is InChI=1S/C11H19NS/c1-2-9-6-12(7-10(9)3-1)11-4-5-13-8-11/h9-11H,1-8H2/t9-,10+,11?. The fraction of sp³-hybridized carbons (Fsp3) is 1.00. The van der Waals surface area contributed by atoms with Crippen molar-refractivity contribution in [2.24, 2.45) is 11.8 Å². The summed E-state index contributed by atoms with van der Waals surface area (Å²) in [4.78, 5) is 2.80. The van der Waals surface area contributed by atoms with Crippen LogP contribution in [0.2, 0.25) is 0 Å². The molecule has 0 bridgehead atoms. The molecule has 0 N–H and O–H groups in total. The molecule has 13 heavy (non-hydrogen) atoms. The highest BCUT2D eigenvalue weighted by Gasteiger charge is 2.39. The highest BCUT2D eigenvalue weighted by atomic mass is 32.2. The molecule has 0 amide bonds. The Balaban J connectivity index is 1.62. The molecule has 2 heterocycles. The van der Waals surface area contributed by atoms with Crippen LogP contribution in [0.4, 0.5) is 0 Å². The van der Waals surface area contributed by atoms with E-state index in [1.54, 1.807) is 0 Å². The van der Waals surface area contributed by atoms with Gasteiger partial charge in [-0.3, -0.25) is 4.90 Å². The smallest absolute Gasteiger partial charge is 0.0194 e. The van der Waals surface area contributed by atoms with Crippen molar-refractivity contribution in [3.8, 4) is 0 Å². The topological polar surface area (TPSA) is 3.24 Å². The van der Waals surface area contributed by atoms with Gasteiger partial charge in [-0.05, 0) is 36.9 Å². The van der Waals surface area contributed by atoms with Gasteiger partial charge in [0.15, 0.2) is 0 Å². The predicted molar refractivity (Wildman–Crippen MR) is 58.1 cm³/mol. The number of hydrogen-bond donors (Lipinski definition) is 0. The Morgan fingerprint density at radius 3 is 2.38 bits per heavy atom. The molecule has 0 aromatic heterocycles. The first kappa shape index (κ1) is 8.60. The fourth-order valence-corrected chi connectivity index (χ4v) is 4.63. The van der Waals surface area contributed by atoms with Crippen LogP contribution in [0, 0.1) is 11.8 Å². The van der Waals surface area contributed by atoms with Gasteiger partial charge in [0, 0.05) is 24.9 Å². The van der Waals surface area contributed by atoms with Crippen LogP contribution >= 0.6 is 11.8 Å². The van der Waals surface area contributed by atoms with E-state index in [9.17, 15) is 0 Å². The third-order valence-electron chi connectivity index (χ3n) is 4.18. The summed E-state index contributed by atoms with van der Waals surface area (Å²) in [5.41, 5.74) is 0. The number of hydrogen-bond acceptors (Lipinski definition) is 2. The maximum Gasteiger partial charge on any atom is 0.0194 e. The monoisotopic (exact) mass is 197 g/mol. The lowest BCUT2D eigenvalue weighted by molar-refractivity contribution is 0.244. The summed E-state index contributed by atoms with van der Waals surface area (Å²) in [5.74, 6) is 5.01. The predicted octanol–water partition coefficient (Wildman–Crippen LogP) is 2.22. The number of rotatable bonds is 1. The quantitative estimate of drug-likeness (QED) is 0.634. The molecular weight excluding hydrogens is 178 g/mol. The van der Waals surface area contributed by atoms with Gasteiger partial charge in [-0.15, -0.1) is 0 Å². The van der Waals surface area contributed by atoms with E-state index in [2.05, 4.69) is 16.7 Å². The molecule has 1 aliphatic carbocycles. The molecule has 0 radical (unpaired) electrons. The van der Waals surface area contributed by atoms with E-state index in [0.717, 1.165) is 17.9 Å². The van der Waals surface area contributed by atoms with E-state index >= 15 is 0 Å². The molecular formula is C11H19NS. The second-order valence-corrected chi connectivity index (χ2v) is 6.07. The van der Waals surface area contributed by atoms with E-state index in [0.29, 0.717) is 0 Å². The summed E-state index contributed by atoms with van der Waals surface area (Å²) in [6, 6.07) is 0.954. The second-order valence-electron chi connectivity index (χ2n) is 4.92. The van der Waals surface area contributed by atoms with Crippen molar-refractivity contribution in [1.29, 1.82) is 0 Å². The average molecular weight is 197 g/mol. The van der Waals surface area contributed by atoms with E-state index in [1.807, 2.05) is 0 Å². The van der Waals surface area contributed by atoms with Crippen LogP contribution in [0.25, 0.3) is 0 Å². The zero-order chi connectivity index (χ0) is 8.67. The van der Waals surface area contributed by atoms with Crippen LogP contribution in [0.15, 0.2) is 0 Å². The van der Waals surface area contributed by atoms with Crippen molar-refractivity contribution >= 4 is 11.8 Å². The van der Waals surface area contributed by atoms with Gasteiger partial charge in [0.25, 0.3) is 0 Å². The van der Waals surface area contributed by atoms with Crippen LogP contribution in [0.5, 0.6) is 0 Å². The van der Waals surface area contributed by atoms with Crippen molar-refractivity contribution in [2.75, 3.05) is 24.6 Å². The Morgan fingerprint density at radius 2 is 1.77 bits per heavy atom. The molecule has 1 saturated carbocycles. The molecule has 0 aromatic rings. The largest absolute Gasteiger partial charge is 0.299 e. The van der Waals surface area contributed by atoms with Gasteiger partial charge in [-0.25, -0.2) is 0 Å². The van der Waals surface area contributed by atoms with Gasteiger partial charge in [0.1, 0.15) is 0 Å². The minimum Gasteiger partial charge on any atom is -0.299 e. The summed E-state index contributed by atoms with van der Waals surface area (Å²) in [6.45, 7) is 2.88. The normalized spacial score (nSPS) is 45.7. The lowest BCUT2D eigenvalue weighted by atomic mass is 10.0. The summed E-state index contributed by atoms with van der Waals surface area (Å²) in [5, 5.41) is 0. The first-order valence-corrected chi connectivity index (χ1v) is 6.91. The maximum absolute atomic E-state index is 2.80. The summed E-state index contributed by atoms with van der Waals surface area (Å²) < 4.78 is 0.